The summed E-state index contributed by atoms with van der Waals surface area (Å²) in [5, 5.41) is 1.36. The van der Waals surface area contributed by atoms with E-state index in [-0.39, 0.29) is 0 Å². The minimum atomic E-state index is 0.307. The lowest BCUT2D eigenvalue weighted by molar-refractivity contribution is 0.418. The fraction of sp³-hybridized carbons (Fsp3) is 0.0526. The molecule has 4 heteroatoms. The van der Waals surface area contributed by atoms with Crippen molar-refractivity contribution in [2.24, 2.45) is 0 Å². The van der Waals surface area contributed by atoms with Gasteiger partial charge in [-0.25, -0.2) is 0 Å². The minimum Gasteiger partial charge on any atom is -0.497 e. The molecule has 1 unspecified atom stereocenters. The van der Waals surface area contributed by atoms with Gasteiger partial charge in [-0.3, -0.25) is 0 Å². The summed E-state index contributed by atoms with van der Waals surface area (Å²) in [5.41, 5.74) is 2.61. The molecule has 0 bridgehead atoms. The van der Waals surface area contributed by atoms with Crippen molar-refractivity contribution in [2.45, 2.75) is 0 Å². The molecule has 0 fully saturated rings. The topological polar surface area (TPSA) is 9.23 Å². The maximum atomic E-state index is 5.63. The smallest absolute Gasteiger partial charge is 0.244 e. The number of ether oxygens (including phenoxy) is 1. The van der Waals surface area contributed by atoms with E-state index >= 15 is 0 Å². The Morgan fingerprint density at radius 1 is 0.783 bits per heavy atom. The van der Waals surface area contributed by atoms with Gasteiger partial charge in [0.25, 0.3) is 0 Å². The Labute approximate surface area is 153 Å². The van der Waals surface area contributed by atoms with Gasteiger partial charge in [0.15, 0.2) is 0 Å². The average molecular weight is 430 g/mol. The third kappa shape index (κ3) is 3.96. The van der Waals surface area contributed by atoms with Crippen LogP contribution >= 0.6 is 31.1 Å². The third-order valence-electron chi connectivity index (χ3n) is 3.75. The molecule has 0 aromatic heterocycles. The molecular weight excluding hydrogens is 413 g/mol. The zero-order chi connectivity index (χ0) is 16.1. The first-order chi connectivity index (χ1) is 11.3. The summed E-state index contributed by atoms with van der Waals surface area (Å²) >= 11 is 2.43. The average Bonchev–Trinajstić information content (AvgIpc) is 2.61. The molecule has 0 spiro atoms. The van der Waals surface area contributed by atoms with Crippen molar-refractivity contribution in [2.75, 3.05) is 7.11 Å². The summed E-state index contributed by atoms with van der Waals surface area (Å²) in [7, 11) is 2.41. The van der Waals surface area contributed by atoms with Crippen LogP contribution in [0.15, 0.2) is 78.9 Å². The van der Waals surface area contributed by atoms with Crippen LogP contribution in [0.2, 0.25) is 0 Å². The minimum absolute atomic E-state index is 0.307. The predicted octanol–water partition coefficient (Wildman–Crippen LogP) is 3.41. The van der Waals surface area contributed by atoms with Crippen LogP contribution in [0.5, 0.6) is 5.75 Å². The number of rotatable bonds is 5. The van der Waals surface area contributed by atoms with Crippen LogP contribution < -0.4 is 21.0 Å². The first kappa shape index (κ1) is 16.5. The van der Waals surface area contributed by atoms with Crippen molar-refractivity contribution in [3.63, 3.8) is 0 Å². The van der Waals surface area contributed by atoms with Gasteiger partial charge in [-0.2, -0.15) is 0 Å². The van der Waals surface area contributed by atoms with E-state index in [1.165, 1.54) is 19.8 Å². The first-order valence-electron chi connectivity index (χ1n) is 7.48. The largest absolute Gasteiger partial charge is 0.497 e. The molecule has 23 heavy (non-hydrogen) atoms. The quantitative estimate of drug-likeness (QED) is 0.343. The lowest BCUT2D eigenvalue weighted by atomic mass is 9.61. The van der Waals surface area contributed by atoms with Gasteiger partial charge in [0.05, 0.1) is 7.11 Å². The molecule has 3 aromatic rings. The number of halogens is 1. The van der Waals surface area contributed by atoms with Crippen molar-refractivity contribution in [1.82, 2.24) is 0 Å². The van der Waals surface area contributed by atoms with Crippen LogP contribution in [-0.4, -0.2) is 13.5 Å². The Bertz CT molecular complexity index is 779. The highest BCUT2D eigenvalue weighted by Crippen LogP contribution is 2.21. The number of para-hydroxylation sites is 1. The van der Waals surface area contributed by atoms with Gasteiger partial charge in [-0.05, 0) is 45.5 Å². The predicted molar refractivity (Wildman–Crippen MR) is 112 cm³/mol. The standard InChI is InChI=1S/C19H17BIOP/c1-22-19-14-8-6-12-17(19)20(16-11-5-7-13-18(16)21)23-15-9-3-2-4-10-15/h2-14,23H,1H3. The molecule has 0 saturated carbocycles. The normalized spacial score (nSPS) is 10.9. The van der Waals surface area contributed by atoms with Crippen molar-refractivity contribution in [1.29, 1.82) is 0 Å². The maximum absolute atomic E-state index is 5.63. The van der Waals surface area contributed by atoms with Crippen LogP contribution in [0, 0.1) is 3.57 Å². The van der Waals surface area contributed by atoms with Gasteiger partial charge in [-0.15, -0.1) is 8.46 Å². The lowest BCUT2D eigenvalue weighted by Gasteiger charge is -2.19. The van der Waals surface area contributed by atoms with Crippen molar-refractivity contribution < 1.29 is 4.74 Å². The third-order valence-corrected chi connectivity index (χ3v) is 6.31. The first-order valence-corrected chi connectivity index (χ1v) is 9.64. The Hall–Kier alpha value is -1.32. The molecule has 114 valence electrons. The van der Waals surface area contributed by atoms with Crippen LogP contribution in [0.1, 0.15) is 0 Å². The molecule has 0 aliphatic carbocycles. The fourth-order valence-corrected chi connectivity index (χ4v) is 5.15. The summed E-state index contributed by atoms with van der Waals surface area (Å²) in [6.07, 6.45) is 0.307. The van der Waals surface area contributed by atoms with Crippen molar-refractivity contribution in [3.05, 3.63) is 82.4 Å². The zero-order valence-electron chi connectivity index (χ0n) is 12.9. The Kier molecular flexibility index (Phi) is 5.74. The summed E-state index contributed by atoms with van der Waals surface area (Å²) in [4.78, 5) is 0. The van der Waals surface area contributed by atoms with E-state index in [0.29, 0.717) is 14.9 Å². The van der Waals surface area contributed by atoms with E-state index in [1.807, 2.05) is 12.1 Å². The molecule has 3 rings (SSSR count). The van der Waals surface area contributed by atoms with E-state index in [9.17, 15) is 0 Å². The lowest BCUT2D eigenvalue weighted by Crippen LogP contribution is -2.42. The summed E-state index contributed by atoms with van der Waals surface area (Å²) in [6, 6.07) is 27.7. The number of methoxy groups -OCH3 is 1. The zero-order valence-corrected chi connectivity index (χ0v) is 16.0. The molecule has 1 nitrogen and oxygen atoms in total. The van der Waals surface area contributed by atoms with Crippen molar-refractivity contribution >= 4 is 53.7 Å². The van der Waals surface area contributed by atoms with Gasteiger partial charge in [0, 0.05) is 3.57 Å². The highest BCUT2D eigenvalue weighted by molar-refractivity contribution is 14.1. The number of hydrogen-bond acceptors (Lipinski definition) is 1. The van der Waals surface area contributed by atoms with Gasteiger partial charge in [-0.1, -0.05) is 72.2 Å². The maximum Gasteiger partial charge on any atom is 0.244 e. The molecule has 0 aliphatic heterocycles. The molecule has 0 heterocycles. The molecule has 0 aliphatic rings. The summed E-state index contributed by atoms with van der Waals surface area (Å²) in [5.74, 6) is 0.959. The SMILES string of the molecule is COc1ccccc1B(Pc1ccccc1)c1ccccc1I. The molecule has 0 amide bonds. The van der Waals surface area contributed by atoms with E-state index in [2.05, 4.69) is 89.3 Å². The van der Waals surface area contributed by atoms with Crippen LogP contribution in [0.4, 0.5) is 0 Å². The molecule has 0 N–H and O–H groups in total. The second-order valence-electron chi connectivity index (χ2n) is 5.21. The van der Waals surface area contributed by atoms with E-state index in [4.69, 9.17) is 4.74 Å². The Morgan fingerprint density at radius 2 is 1.39 bits per heavy atom. The fourth-order valence-electron chi connectivity index (χ4n) is 2.64. The van der Waals surface area contributed by atoms with Crippen LogP contribution in [0.25, 0.3) is 0 Å². The molecule has 0 radical (unpaired) electrons. The highest BCUT2D eigenvalue weighted by atomic mass is 127. The van der Waals surface area contributed by atoms with E-state index in [0.717, 1.165) is 5.75 Å². The van der Waals surface area contributed by atoms with Gasteiger partial charge in [0.2, 0.25) is 6.43 Å². The molecular formula is C19H17BIOP. The highest BCUT2D eigenvalue weighted by Gasteiger charge is 2.24. The monoisotopic (exact) mass is 430 g/mol. The Balaban J connectivity index is 2.08. The summed E-state index contributed by atoms with van der Waals surface area (Å²) in [6.45, 7) is 0. The number of benzene rings is 3. The van der Waals surface area contributed by atoms with Gasteiger partial charge in [0.1, 0.15) is 5.75 Å². The molecule has 0 saturated heterocycles. The van der Waals surface area contributed by atoms with Crippen molar-refractivity contribution in [3.8, 4) is 5.75 Å². The van der Waals surface area contributed by atoms with E-state index < -0.39 is 0 Å². The second kappa shape index (κ2) is 7.98. The van der Waals surface area contributed by atoms with E-state index in [1.54, 1.807) is 7.11 Å². The number of hydrogen-bond donors (Lipinski definition) is 0. The molecule has 3 aromatic carbocycles. The van der Waals surface area contributed by atoms with Crippen LogP contribution in [-0.2, 0) is 0 Å². The Morgan fingerprint density at radius 3 is 2.09 bits per heavy atom. The molecule has 1 atom stereocenters. The van der Waals surface area contributed by atoms with Crippen LogP contribution in [0.3, 0.4) is 0 Å². The van der Waals surface area contributed by atoms with Gasteiger partial charge >= 0.3 is 0 Å². The summed E-state index contributed by atoms with van der Waals surface area (Å²) < 4.78 is 6.92. The second-order valence-corrected chi connectivity index (χ2v) is 7.81. The van der Waals surface area contributed by atoms with Gasteiger partial charge < -0.3 is 4.74 Å².